The SMILES string of the molecule is C=CCN1C(=O)S/C(=C\c2cc(C)n(-c3ccc4c(c3)OCO4)c2C)C1=O. The second-order valence-electron chi connectivity index (χ2n) is 6.28. The van der Waals surface area contributed by atoms with Crippen molar-refractivity contribution < 1.29 is 19.1 Å². The van der Waals surface area contributed by atoms with Gasteiger partial charge in [-0.1, -0.05) is 6.08 Å². The van der Waals surface area contributed by atoms with Crippen molar-refractivity contribution in [1.82, 2.24) is 9.47 Å². The molecular formula is C20H18N2O4S. The predicted molar refractivity (Wildman–Crippen MR) is 104 cm³/mol. The maximum absolute atomic E-state index is 12.4. The Labute approximate surface area is 161 Å². The molecule has 6 nitrogen and oxygen atoms in total. The number of aromatic nitrogens is 1. The highest BCUT2D eigenvalue weighted by Crippen LogP contribution is 2.36. The van der Waals surface area contributed by atoms with Gasteiger partial charge in [0.25, 0.3) is 11.1 Å². The van der Waals surface area contributed by atoms with Gasteiger partial charge in [0.15, 0.2) is 11.5 Å². The van der Waals surface area contributed by atoms with E-state index in [2.05, 4.69) is 11.1 Å². The van der Waals surface area contributed by atoms with Gasteiger partial charge in [-0.3, -0.25) is 14.5 Å². The van der Waals surface area contributed by atoms with Gasteiger partial charge in [0.2, 0.25) is 6.79 Å². The molecule has 3 heterocycles. The lowest BCUT2D eigenvalue weighted by molar-refractivity contribution is -0.122. The molecule has 2 aromatic rings. The molecule has 2 amide bonds. The fourth-order valence-electron chi connectivity index (χ4n) is 3.28. The number of carbonyl (C=O) groups is 2. The van der Waals surface area contributed by atoms with Crippen LogP contribution >= 0.6 is 11.8 Å². The number of hydrogen-bond acceptors (Lipinski definition) is 5. The summed E-state index contributed by atoms with van der Waals surface area (Å²) in [5, 5.41) is -0.268. The lowest BCUT2D eigenvalue weighted by atomic mass is 10.2. The van der Waals surface area contributed by atoms with Crippen LogP contribution < -0.4 is 9.47 Å². The molecule has 0 saturated carbocycles. The summed E-state index contributed by atoms with van der Waals surface area (Å²) in [6.07, 6.45) is 3.32. The molecule has 0 atom stereocenters. The first-order chi connectivity index (χ1) is 13.0. The van der Waals surface area contributed by atoms with E-state index in [1.54, 1.807) is 12.2 Å². The smallest absolute Gasteiger partial charge is 0.293 e. The number of hydrogen-bond donors (Lipinski definition) is 0. The molecule has 0 aliphatic carbocycles. The molecule has 0 spiro atoms. The van der Waals surface area contributed by atoms with Crippen molar-refractivity contribution in [3.63, 3.8) is 0 Å². The van der Waals surface area contributed by atoms with Gasteiger partial charge in [0.1, 0.15) is 0 Å². The molecule has 0 unspecified atom stereocenters. The van der Waals surface area contributed by atoms with Crippen molar-refractivity contribution in [2.75, 3.05) is 13.3 Å². The zero-order valence-electron chi connectivity index (χ0n) is 15.0. The summed E-state index contributed by atoms with van der Waals surface area (Å²) < 4.78 is 12.9. The van der Waals surface area contributed by atoms with E-state index in [-0.39, 0.29) is 24.5 Å². The van der Waals surface area contributed by atoms with E-state index in [1.807, 2.05) is 38.1 Å². The standard InChI is InChI=1S/C20H18N2O4S/c1-4-7-21-19(23)18(27-20(21)24)9-14-8-12(2)22(13(14)3)15-5-6-16-17(10-15)26-11-25-16/h4-6,8-10H,1,7,11H2,2-3H3/b18-9-. The molecule has 2 aliphatic heterocycles. The molecule has 4 rings (SSSR count). The molecule has 138 valence electrons. The topological polar surface area (TPSA) is 60.8 Å². The number of aryl methyl sites for hydroxylation is 1. The number of carbonyl (C=O) groups excluding carboxylic acids is 2. The molecule has 7 heteroatoms. The summed E-state index contributed by atoms with van der Waals surface area (Å²) in [4.78, 5) is 26.1. The summed E-state index contributed by atoms with van der Waals surface area (Å²) in [5.41, 5.74) is 3.84. The molecule has 0 radical (unpaired) electrons. The highest BCUT2D eigenvalue weighted by atomic mass is 32.2. The first-order valence-corrected chi connectivity index (χ1v) is 9.26. The van der Waals surface area contributed by atoms with E-state index >= 15 is 0 Å². The van der Waals surface area contributed by atoms with E-state index in [0.717, 1.165) is 40.2 Å². The Balaban J connectivity index is 1.71. The van der Waals surface area contributed by atoms with Crippen molar-refractivity contribution in [3.8, 4) is 17.2 Å². The lowest BCUT2D eigenvalue weighted by Crippen LogP contribution is -2.27. The fraction of sp³-hybridized carbons (Fsp3) is 0.200. The van der Waals surface area contributed by atoms with Crippen molar-refractivity contribution in [2.24, 2.45) is 0 Å². The van der Waals surface area contributed by atoms with Gasteiger partial charge in [-0.15, -0.1) is 6.58 Å². The van der Waals surface area contributed by atoms with Crippen LogP contribution in [0.25, 0.3) is 11.8 Å². The van der Waals surface area contributed by atoms with Crippen LogP contribution in [0.3, 0.4) is 0 Å². The molecule has 0 N–H and O–H groups in total. The zero-order valence-corrected chi connectivity index (χ0v) is 15.8. The summed E-state index contributed by atoms with van der Waals surface area (Å²) in [6, 6.07) is 7.79. The minimum absolute atomic E-state index is 0.220. The molecule has 2 aliphatic rings. The first-order valence-electron chi connectivity index (χ1n) is 8.45. The van der Waals surface area contributed by atoms with Crippen LogP contribution in [0, 0.1) is 13.8 Å². The van der Waals surface area contributed by atoms with Crippen LogP contribution in [0.15, 0.2) is 41.8 Å². The van der Waals surface area contributed by atoms with Gasteiger partial charge in [0, 0.05) is 29.7 Å². The van der Waals surface area contributed by atoms with Gasteiger partial charge < -0.3 is 14.0 Å². The van der Waals surface area contributed by atoms with Gasteiger partial charge >= 0.3 is 0 Å². The number of amides is 2. The van der Waals surface area contributed by atoms with Crippen LogP contribution in [0.1, 0.15) is 17.0 Å². The number of nitrogens with zero attached hydrogens (tertiary/aromatic N) is 2. The van der Waals surface area contributed by atoms with Gasteiger partial charge in [-0.25, -0.2) is 0 Å². The maximum atomic E-state index is 12.4. The van der Waals surface area contributed by atoms with Gasteiger partial charge in [0.05, 0.1) is 4.91 Å². The molecule has 1 aromatic carbocycles. The number of imide groups is 1. The first kappa shape index (κ1) is 17.5. The second kappa shape index (κ2) is 6.66. The third-order valence-corrected chi connectivity index (χ3v) is 5.46. The summed E-state index contributed by atoms with van der Waals surface area (Å²) in [5.74, 6) is 1.17. The van der Waals surface area contributed by atoms with E-state index in [1.165, 1.54) is 4.90 Å². The van der Waals surface area contributed by atoms with Crippen LogP contribution in [0.2, 0.25) is 0 Å². The fourth-order valence-corrected chi connectivity index (χ4v) is 4.12. The Morgan fingerprint density at radius 1 is 1.19 bits per heavy atom. The second-order valence-corrected chi connectivity index (χ2v) is 7.27. The summed E-state index contributed by atoms with van der Waals surface area (Å²) in [7, 11) is 0. The van der Waals surface area contributed by atoms with Crippen molar-refractivity contribution in [1.29, 1.82) is 0 Å². The Kier molecular flexibility index (Phi) is 4.31. The molecule has 1 aromatic heterocycles. The largest absolute Gasteiger partial charge is 0.454 e. The highest BCUT2D eigenvalue weighted by Gasteiger charge is 2.34. The van der Waals surface area contributed by atoms with Crippen LogP contribution in [0.4, 0.5) is 4.79 Å². The molecule has 0 bridgehead atoms. The Bertz CT molecular complexity index is 1010. The average Bonchev–Trinajstić information content (AvgIpc) is 3.28. The lowest BCUT2D eigenvalue weighted by Gasteiger charge is -2.10. The molecule has 27 heavy (non-hydrogen) atoms. The van der Waals surface area contributed by atoms with Crippen LogP contribution in [-0.2, 0) is 4.79 Å². The summed E-state index contributed by atoms with van der Waals surface area (Å²) >= 11 is 0.957. The van der Waals surface area contributed by atoms with E-state index in [9.17, 15) is 9.59 Å². The van der Waals surface area contributed by atoms with Crippen molar-refractivity contribution in [3.05, 3.63) is 58.8 Å². The van der Waals surface area contributed by atoms with E-state index in [4.69, 9.17) is 9.47 Å². The minimum Gasteiger partial charge on any atom is -0.454 e. The molecule has 1 fully saturated rings. The highest BCUT2D eigenvalue weighted by molar-refractivity contribution is 8.18. The molecule has 1 saturated heterocycles. The maximum Gasteiger partial charge on any atom is 0.293 e. The van der Waals surface area contributed by atoms with Crippen LogP contribution in [0.5, 0.6) is 11.5 Å². The Hall–Kier alpha value is -2.93. The third-order valence-electron chi connectivity index (χ3n) is 4.56. The van der Waals surface area contributed by atoms with E-state index in [0.29, 0.717) is 10.7 Å². The zero-order chi connectivity index (χ0) is 19.1. The number of benzene rings is 1. The number of rotatable bonds is 4. The van der Waals surface area contributed by atoms with Gasteiger partial charge in [-0.05, 0) is 55.4 Å². The minimum atomic E-state index is -0.280. The third kappa shape index (κ3) is 2.94. The normalized spacial score (nSPS) is 17.3. The average molecular weight is 382 g/mol. The van der Waals surface area contributed by atoms with Crippen molar-refractivity contribution in [2.45, 2.75) is 13.8 Å². The number of thioether (sulfide) groups is 1. The summed E-state index contributed by atoms with van der Waals surface area (Å²) in [6.45, 7) is 8.02. The quantitative estimate of drug-likeness (QED) is 0.590. The Morgan fingerprint density at radius 2 is 1.96 bits per heavy atom. The monoisotopic (exact) mass is 382 g/mol. The van der Waals surface area contributed by atoms with Crippen LogP contribution in [-0.4, -0.2) is 34.0 Å². The van der Waals surface area contributed by atoms with Crippen molar-refractivity contribution >= 4 is 29.0 Å². The number of fused-ring (bicyclic) bond motifs is 1. The number of ether oxygens (including phenoxy) is 2. The molecular weight excluding hydrogens is 364 g/mol. The van der Waals surface area contributed by atoms with Gasteiger partial charge in [-0.2, -0.15) is 0 Å². The van der Waals surface area contributed by atoms with E-state index < -0.39 is 0 Å². The predicted octanol–water partition coefficient (Wildman–Crippen LogP) is 4.05. The Morgan fingerprint density at radius 3 is 2.74 bits per heavy atom.